The number of ether oxygens (including phenoxy) is 2. The molecule has 1 aromatic rings. The first-order chi connectivity index (χ1) is 9.43. The van der Waals surface area contributed by atoms with Crippen molar-refractivity contribution in [2.24, 2.45) is 0 Å². The second-order valence-corrected chi connectivity index (χ2v) is 3.84. The fraction of sp³-hybridized carbons (Fsp3) is 0.417. The molecule has 0 unspecified atom stereocenters. The van der Waals surface area contributed by atoms with Gasteiger partial charge in [-0.15, -0.1) is 0 Å². The highest BCUT2D eigenvalue weighted by Gasteiger charge is 2.19. The smallest absolute Gasteiger partial charge is 0.406 e. The zero-order valence-electron chi connectivity index (χ0n) is 11.1. The summed E-state index contributed by atoms with van der Waals surface area (Å²) in [4.78, 5) is 36.3. The summed E-state index contributed by atoms with van der Waals surface area (Å²) in [5, 5.41) is 10.8. The molecule has 1 aromatic heterocycles. The zero-order chi connectivity index (χ0) is 15.1. The second kappa shape index (κ2) is 7.17. The highest BCUT2D eigenvalue weighted by atomic mass is 16.6. The number of hydrogen-bond acceptors (Lipinski definition) is 7. The first-order valence-corrected chi connectivity index (χ1v) is 5.86. The SMILES string of the molecule is CCOC(=O)CC(=O)COc1ccc(C)nc1[N+](=O)[O-]. The van der Waals surface area contributed by atoms with E-state index in [0.29, 0.717) is 5.69 Å². The number of nitrogens with zero attached hydrogens (tertiary/aromatic N) is 2. The Bertz CT molecular complexity index is 529. The number of esters is 1. The minimum Gasteiger partial charge on any atom is -0.478 e. The maximum absolute atomic E-state index is 11.4. The van der Waals surface area contributed by atoms with Gasteiger partial charge in [-0.1, -0.05) is 0 Å². The van der Waals surface area contributed by atoms with Crippen LogP contribution in [0.3, 0.4) is 0 Å². The number of carbonyl (C=O) groups excluding carboxylic acids is 2. The summed E-state index contributed by atoms with van der Waals surface area (Å²) >= 11 is 0. The topological polar surface area (TPSA) is 109 Å². The number of carbonyl (C=O) groups is 2. The molecule has 0 aliphatic rings. The van der Waals surface area contributed by atoms with Crippen LogP contribution in [0.2, 0.25) is 0 Å². The number of nitro groups is 1. The quantitative estimate of drug-likeness (QED) is 0.320. The monoisotopic (exact) mass is 282 g/mol. The summed E-state index contributed by atoms with van der Waals surface area (Å²) in [6.45, 7) is 2.95. The van der Waals surface area contributed by atoms with Gasteiger partial charge in [-0.2, -0.15) is 0 Å². The summed E-state index contributed by atoms with van der Waals surface area (Å²) in [6.07, 6.45) is -0.430. The molecule has 8 heteroatoms. The molecule has 0 aliphatic heterocycles. The lowest BCUT2D eigenvalue weighted by Gasteiger charge is -2.05. The van der Waals surface area contributed by atoms with Crippen LogP contribution >= 0.6 is 0 Å². The molecule has 0 radical (unpaired) electrons. The molecule has 0 aliphatic carbocycles. The number of ketones is 1. The lowest BCUT2D eigenvalue weighted by molar-refractivity contribution is -0.390. The molecule has 0 amide bonds. The molecular weight excluding hydrogens is 268 g/mol. The molecule has 0 bridgehead atoms. The van der Waals surface area contributed by atoms with Crippen molar-refractivity contribution in [1.82, 2.24) is 4.98 Å². The highest BCUT2D eigenvalue weighted by molar-refractivity contribution is 5.96. The lowest BCUT2D eigenvalue weighted by Crippen LogP contribution is -2.18. The molecule has 8 nitrogen and oxygen atoms in total. The predicted molar refractivity (Wildman–Crippen MR) is 67.4 cm³/mol. The largest absolute Gasteiger partial charge is 0.478 e. The van der Waals surface area contributed by atoms with Gasteiger partial charge in [0.1, 0.15) is 18.7 Å². The molecule has 0 fully saturated rings. The van der Waals surface area contributed by atoms with Crippen molar-refractivity contribution in [3.8, 4) is 5.75 Å². The Labute approximate surface area is 114 Å². The van der Waals surface area contributed by atoms with Crippen LogP contribution in [-0.4, -0.2) is 34.9 Å². The second-order valence-electron chi connectivity index (χ2n) is 3.84. The maximum atomic E-state index is 11.4. The summed E-state index contributed by atoms with van der Waals surface area (Å²) in [7, 11) is 0. The van der Waals surface area contributed by atoms with E-state index in [9.17, 15) is 19.7 Å². The average Bonchev–Trinajstić information content (AvgIpc) is 2.37. The maximum Gasteiger partial charge on any atom is 0.406 e. The molecular formula is C12H14N2O6. The van der Waals surface area contributed by atoms with Gasteiger partial charge in [0.15, 0.2) is 5.78 Å². The number of rotatable bonds is 7. The van der Waals surface area contributed by atoms with Crippen LogP contribution in [0.5, 0.6) is 5.75 Å². The Balaban J connectivity index is 2.64. The van der Waals surface area contributed by atoms with E-state index in [0.717, 1.165) is 0 Å². The Kier molecular flexibility index (Phi) is 5.57. The molecule has 0 saturated carbocycles. The third-order valence-corrected chi connectivity index (χ3v) is 2.19. The minimum atomic E-state index is -0.696. The third-order valence-electron chi connectivity index (χ3n) is 2.19. The van der Waals surface area contributed by atoms with Gasteiger partial charge in [0, 0.05) is 6.92 Å². The first-order valence-electron chi connectivity index (χ1n) is 5.86. The van der Waals surface area contributed by atoms with Crippen molar-refractivity contribution in [2.45, 2.75) is 20.3 Å². The van der Waals surface area contributed by atoms with E-state index in [1.54, 1.807) is 13.8 Å². The van der Waals surface area contributed by atoms with Crippen LogP contribution in [0.25, 0.3) is 0 Å². The first kappa shape index (κ1) is 15.5. The molecule has 0 spiro atoms. The van der Waals surface area contributed by atoms with Crippen LogP contribution in [-0.2, 0) is 14.3 Å². The van der Waals surface area contributed by atoms with Gasteiger partial charge in [-0.3, -0.25) is 9.59 Å². The molecule has 0 saturated heterocycles. The van der Waals surface area contributed by atoms with Crippen molar-refractivity contribution in [3.05, 3.63) is 27.9 Å². The van der Waals surface area contributed by atoms with E-state index >= 15 is 0 Å². The third kappa shape index (κ3) is 4.63. The van der Waals surface area contributed by atoms with Crippen molar-refractivity contribution in [1.29, 1.82) is 0 Å². The van der Waals surface area contributed by atoms with Gasteiger partial charge in [-0.25, -0.2) is 0 Å². The molecule has 0 aromatic carbocycles. The molecule has 1 rings (SSSR count). The van der Waals surface area contributed by atoms with Crippen LogP contribution in [0, 0.1) is 17.0 Å². The molecule has 0 N–H and O–H groups in total. The van der Waals surface area contributed by atoms with E-state index in [-0.39, 0.29) is 12.4 Å². The normalized spacial score (nSPS) is 9.90. The lowest BCUT2D eigenvalue weighted by atomic mass is 10.3. The minimum absolute atomic E-state index is 0.113. The van der Waals surface area contributed by atoms with Gasteiger partial charge in [0.2, 0.25) is 5.75 Å². The fourth-order valence-corrected chi connectivity index (χ4v) is 1.36. The highest BCUT2D eigenvalue weighted by Crippen LogP contribution is 2.24. The number of aryl methyl sites for hydroxylation is 1. The van der Waals surface area contributed by atoms with Gasteiger partial charge < -0.3 is 19.6 Å². The van der Waals surface area contributed by atoms with Crippen molar-refractivity contribution < 1.29 is 24.0 Å². The van der Waals surface area contributed by atoms with E-state index in [1.807, 2.05) is 0 Å². The van der Waals surface area contributed by atoms with Gasteiger partial charge in [0.05, 0.1) is 6.61 Å². The summed E-state index contributed by atoms with van der Waals surface area (Å²) in [5.74, 6) is -1.76. The number of Topliss-reactive ketones (excluding diaryl/α,β-unsaturated/α-hetero) is 1. The standard InChI is InChI=1S/C12H14N2O6/c1-3-19-11(16)6-9(15)7-20-10-5-4-8(2)13-12(10)14(17)18/h4-5H,3,6-7H2,1-2H3. The van der Waals surface area contributed by atoms with Crippen LogP contribution in [0.15, 0.2) is 12.1 Å². The number of hydrogen-bond donors (Lipinski definition) is 0. The Morgan fingerprint density at radius 3 is 2.70 bits per heavy atom. The van der Waals surface area contributed by atoms with E-state index < -0.39 is 35.5 Å². The van der Waals surface area contributed by atoms with Crippen LogP contribution in [0.4, 0.5) is 5.82 Å². The molecule has 20 heavy (non-hydrogen) atoms. The summed E-state index contributed by atoms with van der Waals surface area (Å²) in [6, 6.07) is 2.89. The molecule has 1 heterocycles. The van der Waals surface area contributed by atoms with Gasteiger partial charge in [-0.05, 0) is 29.0 Å². The van der Waals surface area contributed by atoms with E-state index in [4.69, 9.17) is 4.74 Å². The zero-order valence-corrected chi connectivity index (χ0v) is 11.1. The van der Waals surface area contributed by atoms with Crippen molar-refractivity contribution >= 4 is 17.6 Å². The van der Waals surface area contributed by atoms with Crippen LogP contribution < -0.4 is 4.74 Å². The number of pyridine rings is 1. The summed E-state index contributed by atoms with van der Waals surface area (Å²) < 4.78 is 9.64. The van der Waals surface area contributed by atoms with Crippen molar-refractivity contribution in [3.63, 3.8) is 0 Å². The average molecular weight is 282 g/mol. The van der Waals surface area contributed by atoms with Gasteiger partial charge in [0.25, 0.3) is 0 Å². The number of aromatic nitrogens is 1. The Morgan fingerprint density at radius 2 is 2.10 bits per heavy atom. The van der Waals surface area contributed by atoms with Gasteiger partial charge >= 0.3 is 11.8 Å². The fourth-order valence-electron chi connectivity index (χ4n) is 1.36. The molecule has 108 valence electrons. The molecule has 0 atom stereocenters. The summed E-state index contributed by atoms with van der Waals surface area (Å²) in [5.41, 5.74) is 0.460. The Hall–Kier alpha value is -2.51. The van der Waals surface area contributed by atoms with Crippen molar-refractivity contribution in [2.75, 3.05) is 13.2 Å². The van der Waals surface area contributed by atoms with Crippen LogP contribution in [0.1, 0.15) is 19.0 Å². The predicted octanol–water partition coefficient (Wildman–Crippen LogP) is 1.20. The van der Waals surface area contributed by atoms with E-state index in [1.165, 1.54) is 12.1 Å². The van der Waals surface area contributed by atoms with E-state index in [2.05, 4.69) is 9.72 Å². The Morgan fingerprint density at radius 1 is 1.40 bits per heavy atom.